The molecule has 1 fully saturated rings. The summed E-state index contributed by atoms with van der Waals surface area (Å²) in [6.45, 7) is 1.82. The molecule has 2 aromatic heterocycles. The highest BCUT2D eigenvalue weighted by atomic mass is 15.3. The van der Waals surface area contributed by atoms with Crippen LogP contribution in [-0.2, 0) is 6.42 Å². The summed E-state index contributed by atoms with van der Waals surface area (Å²) in [5.41, 5.74) is 4.70. The summed E-state index contributed by atoms with van der Waals surface area (Å²) in [6.07, 6.45) is 13.8. The zero-order valence-electron chi connectivity index (χ0n) is 16.4. The molecule has 0 spiro atoms. The molecule has 0 N–H and O–H groups in total. The number of benzene rings is 1. The number of aliphatic imine (C=N–C) groups is 2. The molecule has 6 heteroatoms. The Bertz CT molecular complexity index is 1130. The Morgan fingerprint density at radius 3 is 3.14 bits per heavy atom. The number of amidine groups is 1. The van der Waals surface area contributed by atoms with E-state index in [1.807, 2.05) is 12.5 Å². The first-order chi connectivity index (χ1) is 14.3. The zero-order chi connectivity index (χ0) is 19.2. The van der Waals surface area contributed by atoms with Crippen LogP contribution in [0.3, 0.4) is 0 Å². The van der Waals surface area contributed by atoms with Crippen LogP contribution in [-0.4, -0.2) is 44.7 Å². The lowest BCUT2D eigenvalue weighted by molar-refractivity contribution is 0.461. The van der Waals surface area contributed by atoms with E-state index < -0.39 is 0 Å². The van der Waals surface area contributed by atoms with Crippen molar-refractivity contribution in [1.82, 2.24) is 19.4 Å². The molecule has 0 bridgehead atoms. The van der Waals surface area contributed by atoms with Gasteiger partial charge in [0, 0.05) is 35.9 Å². The summed E-state index contributed by atoms with van der Waals surface area (Å²) in [5.74, 6) is 1.86. The maximum atomic E-state index is 4.66. The normalized spacial score (nSPS) is 22.8. The molecule has 0 amide bonds. The number of rotatable bonds is 4. The molecule has 4 heterocycles. The largest absolute Gasteiger partial charge is 0.329 e. The van der Waals surface area contributed by atoms with Crippen LogP contribution < -0.4 is 0 Å². The first-order valence-electron chi connectivity index (χ1n) is 10.6. The van der Waals surface area contributed by atoms with Crippen molar-refractivity contribution in [3.63, 3.8) is 0 Å². The van der Waals surface area contributed by atoms with E-state index in [1.54, 1.807) is 6.33 Å². The van der Waals surface area contributed by atoms with E-state index in [1.165, 1.54) is 36.8 Å². The van der Waals surface area contributed by atoms with Gasteiger partial charge < -0.3 is 9.47 Å². The van der Waals surface area contributed by atoms with Crippen LogP contribution in [0.15, 0.2) is 53.0 Å². The van der Waals surface area contributed by atoms with Gasteiger partial charge in [0.2, 0.25) is 0 Å². The van der Waals surface area contributed by atoms with Gasteiger partial charge in [-0.05, 0) is 61.8 Å². The van der Waals surface area contributed by atoms with E-state index in [0.717, 1.165) is 48.0 Å². The van der Waals surface area contributed by atoms with Crippen LogP contribution in [0.2, 0.25) is 0 Å². The standard InChI is InChI=1S/C23H24N6/c1(2-17-4-6-20-21(12-17)27-15-28-10-8-25-23(20)28)16-3-5-19(11-16)29-9-7-18-13-24-14-26-22(18)29/h4,6-7,9,12-16,19H,1-3,5,8,10-11H2. The molecule has 6 rings (SSSR count). The van der Waals surface area contributed by atoms with Crippen molar-refractivity contribution in [1.29, 1.82) is 0 Å². The maximum Gasteiger partial charge on any atom is 0.143 e. The summed E-state index contributed by atoms with van der Waals surface area (Å²) >= 11 is 0. The fourth-order valence-corrected chi connectivity index (χ4v) is 5.10. The predicted molar refractivity (Wildman–Crippen MR) is 115 cm³/mol. The third kappa shape index (κ3) is 2.94. The maximum absolute atomic E-state index is 4.66. The quantitative estimate of drug-likeness (QED) is 0.679. The Morgan fingerprint density at radius 2 is 2.14 bits per heavy atom. The van der Waals surface area contributed by atoms with E-state index in [2.05, 4.69) is 59.9 Å². The molecule has 29 heavy (non-hydrogen) atoms. The number of fused-ring (bicyclic) bond motifs is 4. The molecule has 146 valence electrons. The van der Waals surface area contributed by atoms with Crippen LogP contribution in [0.1, 0.15) is 42.9 Å². The Hall–Kier alpha value is -3.02. The van der Waals surface area contributed by atoms with Gasteiger partial charge in [-0.25, -0.2) is 15.0 Å². The van der Waals surface area contributed by atoms with Gasteiger partial charge in [-0.2, -0.15) is 0 Å². The van der Waals surface area contributed by atoms with Crippen LogP contribution in [0.25, 0.3) is 11.0 Å². The van der Waals surface area contributed by atoms with Crippen molar-refractivity contribution >= 4 is 28.9 Å². The second-order valence-corrected chi connectivity index (χ2v) is 8.39. The van der Waals surface area contributed by atoms with Crippen LogP contribution in [0.5, 0.6) is 0 Å². The third-order valence-corrected chi connectivity index (χ3v) is 6.64. The average molecular weight is 384 g/mol. The van der Waals surface area contributed by atoms with Crippen LogP contribution in [0, 0.1) is 5.92 Å². The van der Waals surface area contributed by atoms with E-state index in [0.29, 0.717) is 6.04 Å². The molecule has 1 saturated carbocycles. The molecule has 0 radical (unpaired) electrons. The monoisotopic (exact) mass is 384 g/mol. The summed E-state index contributed by atoms with van der Waals surface area (Å²) in [5, 5.41) is 1.14. The number of aryl methyl sites for hydroxylation is 1. The molecule has 2 aliphatic heterocycles. The van der Waals surface area contributed by atoms with Crippen molar-refractivity contribution < 1.29 is 0 Å². The number of hydrogen-bond donors (Lipinski definition) is 0. The van der Waals surface area contributed by atoms with Gasteiger partial charge in [0.25, 0.3) is 0 Å². The molecule has 6 nitrogen and oxygen atoms in total. The van der Waals surface area contributed by atoms with Gasteiger partial charge in [0.1, 0.15) is 17.8 Å². The van der Waals surface area contributed by atoms with Crippen molar-refractivity contribution in [2.75, 3.05) is 13.1 Å². The van der Waals surface area contributed by atoms with E-state index in [4.69, 9.17) is 0 Å². The third-order valence-electron chi connectivity index (χ3n) is 6.64. The van der Waals surface area contributed by atoms with Crippen molar-refractivity contribution in [2.45, 2.75) is 38.1 Å². The number of nitrogens with zero attached hydrogens (tertiary/aromatic N) is 6. The molecule has 3 aromatic rings. The lowest BCUT2D eigenvalue weighted by Crippen LogP contribution is -2.29. The van der Waals surface area contributed by atoms with Gasteiger partial charge in [-0.3, -0.25) is 4.99 Å². The fourth-order valence-electron chi connectivity index (χ4n) is 5.10. The molecule has 1 aliphatic carbocycles. The SMILES string of the molecule is C1=Nc2cc(CCC3CCC(n4ccc5cncnc54)C3)ccc2C2=NCCN12. The Labute approximate surface area is 170 Å². The molecule has 1 aromatic carbocycles. The van der Waals surface area contributed by atoms with Crippen LogP contribution in [0.4, 0.5) is 5.69 Å². The van der Waals surface area contributed by atoms with Gasteiger partial charge in [0.05, 0.1) is 18.6 Å². The first kappa shape index (κ1) is 16.9. The molecule has 3 aliphatic rings. The van der Waals surface area contributed by atoms with Gasteiger partial charge >= 0.3 is 0 Å². The Morgan fingerprint density at radius 1 is 1.14 bits per heavy atom. The average Bonchev–Trinajstić information content (AvgIpc) is 3.50. The summed E-state index contributed by atoms with van der Waals surface area (Å²) in [7, 11) is 0. The second-order valence-electron chi connectivity index (χ2n) is 8.39. The lowest BCUT2D eigenvalue weighted by Gasteiger charge is -2.21. The summed E-state index contributed by atoms with van der Waals surface area (Å²) in [4.78, 5) is 20.1. The molecule has 2 unspecified atom stereocenters. The topological polar surface area (TPSA) is 58.7 Å². The molecule has 0 saturated heterocycles. The summed E-state index contributed by atoms with van der Waals surface area (Å²) in [6, 6.07) is 9.42. The predicted octanol–water partition coefficient (Wildman–Crippen LogP) is 4.14. The highest BCUT2D eigenvalue weighted by Crippen LogP contribution is 2.39. The molecular formula is C23H24N6. The minimum atomic E-state index is 0.562. The highest BCUT2D eigenvalue weighted by Gasteiger charge is 2.27. The van der Waals surface area contributed by atoms with E-state index in [9.17, 15) is 0 Å². The smallest absolute Gasteiger partial charge is 0.143 e. The van der Waals surface area contributed by atoms with Crippen LogP contribution >= 0.6 is 0 Å². The first-order valence-corrected chi connectivity index (χ1v) is 10.6. The second kappa shape index (κ2) is 6.79. The van der Waals surface area contributed by atoms with Crippen molar-refractivity contribution in [2.24, 2.45) is 15.9 Å². The van der Waals surface area contributed by atoms with Gasteiger partial charge in [0.15, 0.2) is 0 Å². The van der Waals surface area contributed by atoms with Gasteiger partial charge in [-0.15, -0.1) is 0 Å². The molecule has 2 atom stereocenters. The van der Waals surface area contributed by atoms with E-state index >= 15 is 0 Å². The number of hydrogen-bond acceptors (Lipinski definition) is 5. The summed E-state index contributed by atoms with van der Waals surface area (Å²) < 4.78 is 2.36. The minimum Gasteiger partial charge on any atom is -0.329 e. The zero-order valence-corrected chi connectivity index (χ0v) is 16.4. The highest BCUT2D eigenvalue weighted by molar-refractivity contribution is 6.11. The lowest BCUT2D eigenvalue weighted by atomic mass is 9.96. The minimum absolute atomic E-state index is 0.562. The van der Waals surface area contributed by atoms with E-state index in [-0.39, 0.29) is 0 Å². The Balaban J connectivity index is 1.13. The molecular weight excluding hydrogens is 360 g/mol. The van der Waals surface area contributed by atoms with Crippen molar-refractivity contribution in [3.05, 3.63) is 54.1 Å². The Kier molecular flexibility index (Phi) is 3.96. The number of aromatic nitrogens is 3. The van der Waals surface area contributed by atoms with Crippen molar-refractivity contribution in [3.8, 4) is 0 Å². The fraction of sp³-hybridized carbons (Fsp3) is 0.391. The van der Waals surface area contributed by atoms with Gasteiger partial charge in [-0.1, -0.05) is 6.07 Å².